The van der Waals surface area contributed by atoms with Crippen molar-refractivity contribution in [3.63, 3.8) is 0 Å². The molecular formula is C3H8N2OS. The van der Waals surface area contributed by atoms with E-state index < -0.39 is 0 Å². The molecule has 0 amide bonds. The first-order chi connectivity index (χ1) is 3.18. The average molecular weight is 120 g/mol. The summed E-state index contributed by atoms with van der Waals surface area (Å²) in [5, 5.41) is 8.47. The Kier molecular flexibility index (Phi) is 2.62. The van der Waals surface area contributed by atoms with E-state index in [9.17, 15) is 0 Å². The van der Waals surface area contributed by atoms with E-state index in [2.05, 4.69) is 12.2 Å². The molecule has 7 heavy (non-hydrogen) atoms. The monoisotopic (exact) mass is 120 g/mol. The highest BCUT2D eigenvalue weighted by Crippen LogP contribution is 1.74. The number of thiocarbonyl (C=S) groups is 1. The van der Waals surface area contributed by atoms with E-state index in [-0.39, 0.29) is 11.8 Å². The van der Waals surface area contributed by atoms with Crippen molar-refractivity contribution in [1.29, 1.82) is 0 Å². The SMILES string of the molecule is CN(CO)C(N)=S. The second-order valence-corrected chi connectivity index (χ2v) is 1.60. The molecule has 0 aliphatic carbocycles. The maximum Gasteiger partial charge on any atom is 0.167 e. The molecule has 0 aliphatic heterocycles. The highest BCUT2D eigenvalue weighted by Gasteiger charge is 1.91. The minimum absolute atomic E-state index is 0.116. The summed E-state index contributed by atoms with van der Waals surface area (Å²) in [7, 11) is 1.61. The molecule has 0 fully saturated rings. The third-order valence-electron chi connectivity index (χ3n) is 0.588. The van der Waals surface area contributed by atoms with Crippen LogP contribution in [0.25, 0.3) is 0 Å². The highest BCUT2D eigenvalue weighted by molar-refractivity contribution is 7.80. The average Bonchev–Trinajstić information content (AvgIpc) is 1.65. The van der Waals surface area contributed by atoms with Gasteiger partial charge in [0, 0.05) is 7.05 Å². The minimum Gasteiger partial charge on any atom is -0.376 e. The van der Waals surface area contributed by atoms with Gasteiger partial charge in [0.2, 0.25) is 0 Å². The van der Waals surface area contributed by atoms with Gasteiger partial charge in [-0.15, -0.1) is 0 Å². The Morgan fingerprint density at radius 1 is 2.00 bits per heavy atom. The molecule has 0 saturated carbocycles. The molecule has 0 atom stereocenters. The second-order valence-electron chi connectivity index (χ2n) is 1.18. The normalized spacial score (nSPS) is 8.29. The number of hydrogen-bond acceptors (Lipinski definition) is 2. The van der Waals surface area contributed by atoms with Crippen LogP contribution in [-0.2, 0) is 0 Å². The van der Waals surface area contributed by atoms with Crippen LogP contribution in [0, 0.1) is 0 Å². The van der Waals surface area contributed by atoms with E-state index in [4.69, 9.17) is 10.8 Å². The minimum atomic E-state index is -0.116. The quantitative estimate of drug-likeness (QED) is 0.348. The fourth-order valence-electron chi connectivity index (χ4n) is 0.0697. The lowest BCUT2D eigenvalue weighted by Gasteiger charge is -2.10. The molecule has 3 nitrogen and oxygen atoms in total. The van der Waals surface area contributed by atoms with E-state index in [0.29, 0.717) is 0 Å². The first kappa shape index (κ1) is 6.65. The Morgan fingerprint density at radius 2 is 2.43 bits per heavy atom. The van der Waals surface area contributed by atoms with Crippen molar-refractivity contribution in [2.24, 2.45) is 5.73 Å². The van der Waals surface area contributed by atoms with Gasteiger partial charge in [0.1, 0.15) is 6.73 Å². The molecule has 0 aromatic heterocycles. The highest BCUT2D eigenvalue weighted by atomic mass is 32.1. The lowest BCUT2D eigenvalue weighted by atomic mass is 10.9. The molecule has 0 aliphatic rings. The summed E-state index contributed by atoms with van der Waals surface area (Å²) in [5.41, 5.74) is 5.04. The van der Waals surface area contributed by atoms with Gasteiger partial charge in [-0.3, -0.25) is 0 Å². The van der Waals surface area contributed by atoms with E-state index >= 15 is 0 Å². The Morgan fingerprint density at radius 3 is 2.43 bits per heavy atom. The van der Waals surface area contributed by atoms with Gasteiger partial charge in [0.25, 0.3) is 0 Å². The van der Waals surface area contributed by atoms with E-state index in [1.807, 2.05) is 0 Å². The largest absolute Gasteiger partial charge is 0.376 e. The zero-order valence-corrected chi connectivity index (χ0v) is 4.90. The third kappa shape index (κ3) is 2.36. The number of aliphatic hydroxyl groups excluding tert-OH is 1. The lowest BCUT2D eigenvalue weighted by Crippen LogP contribution is -2.32. The van der Waals surface area contributed by atoms with Crippen LogP contribution in [0.15, 0.2) is 0 Å². The predicted octanol–water partition coefficient (Wildman–Crippen LogP) is -0.888. The Bertz CT molecular complexity index is 75.3. The molecule has 3 N–H and O–H groups in total. The first-order valence-corrected chi connectivity index (χ1v) is 2.20. The summed E-state index contributed by atoms with van der Waals surface area (Å²) >= 11 is 4.46. The van der Waals surface area contributed by atoms with Gasteiger partial charge in [-0.05, 0) is 12.2 Å². The van der Waals surface area contributed by atoms with Crippen LogP contribution in [0.1, 0.15) is 0 Å². The fraction of sp³-hybridized carbons (Fsp3) is 0.667. The molecule has 0 rings (SSSR count). The van der Waals surface area contributed by atoms with Crippen LogP contribution in [0.3, 0.4) is 0 Å². The molecule has 0 spiro atoms. The van der Waals surface area contributed by atoms with Gasteiger partial charge in [-0.2, -0.15) is 0 Å². The van der Waals surface area contributed by atoms with Crippen molar-refractivity contribution < 1.29 is 5.11 Å². The molecule has 42 valence electrons. The topological polar surface area (TPSA) is 49.5 Å². The maximum atomic E-state index is 8.26. The van der Waals surface area contributed by atoms with Crippen LogP contribution in [0.2, 0.25) is 0 Å². The first-order valence-electron chi connectivity index (χ1n) is 1.80. The Balaban J connectivity index is 3.34. The molecule has 0 saturated heterocycles. The van der Waals surface area contributed by atoms with Gasteiger partial charge in [0.15, 0.2) is 5.11 Å². The van der Waals surface area contributed by atoms with E-state index in [0.717, 1.165) is 0 Å². The van der Waals surface area contributed by atoms with Gasteiger partial charge in [-0.25, -0.2) is 0 Å². The van der Waals surface area contributed by atoms with Crippen molar-refractivity contribution in [2.45, 2.75) is 0 Å². The summed E-state index contributed by atoms with van der Waals surface area (Å²) in [5.74, 6) is 0. The van der Waals surface area contributed by atoms with Crippen molar-refractivity contribution >= 4 is 17.3 Å². The lowest BCUT2D eigenvalue weighted by molar-refractivity contribution is 0.193. The summed E-state index contributed by atoms with van der Waals surface area (Å²) < 4.78 is 0. The molecule has 0 radical (unpaired) electrons. The molecule has 0 heterocycles. The smallest absolute Gasteiger partial charge is 0.167 e. The van der Waals surface area contributed by atoms with Crippen molar-refractivity contribution in [3.8, 4) is 0 Å². The molecule has 0 unspecified atom stereocenters. The van der Waals surface area contributed by atoms with Crippen LogP contribution in [0.4, 0.5) is 0 Å². The van der Waals surface area contributed by atoms with Crippen LogP contribution in [0.5, 0.6) is 0 Å². The zero-order valence-electron chi connectivity index (χ0n) is 4.09. The fourth-order valence-corrected chi connectivity index (χ4v) is 0.127. The summed E-state index contributed by atoms with van der Waals surface area (Å²) in [6.45, 7) is -0.116. The van der Waals surface area contributed by atoms with Gasteiger partial charge in [0.05, 0.1) is 0 Å². The standard InChI is InChI=1S/C3H8N2OS/c1-5(2-6)3(4)7/h6H,2H2,1H3,(H2,4,7). The van der Waals surface area contributed by atoms with Crippen molar-refractivity contribution in [2.75, 3.05) is 13.8 Å². The van der Waals surface area contributed by atoms with E-state index in [1.54, 1.807) is 7.05 Å². The Labute approximate surface area is 47.7 Å². The van der Waals surface area contributed by atoms with Gasteiger partial charge in [-0.1, -0.05) is 0 Å². The molecule has 0 bridgehead atoms. The van der Waals surface area contributed by atoms with E-state index in [1.165, 1.54) is 4.90 Å². The molecule has 0 aromatic carbocycles. The van der Waals surface area contributed by atoms with Gasteiger partial charge < -0.3 is 15.7 Å². The molecule has 4 heteroatoms. The van der Waals surface area contributed by atoms with Crippen molar-refractivity contribution in [1.82, 2.24) is 4.90 Å². The third-order valence-corrected chi connectivity index (χ3v) is 0.900. The number of rotatable bonds is 1. The molecule has 0 aromatic rings. The van der Waals surface area contributed by atoms with Crippen LogP contribution < -0.4 is 5.73 Å². The maximum absolute atomic E-state index is 8.26. The molecular weight excluding hydrogens is 112 g/mol. The number of aliphatic hydroxyl groups is 1. The summed E-state index contributed by atoms with van der Waals surface area (Å²) in [4.78, 5) is 1.36. The predicted molar refractivity (Wildman–Crippen MR) is 31.6 cm³/mol. The number of nitrogens with two attached hydrogens (primary N) is 1. The van der Waals surface area contributed by atoms with Crippen LogP contribution in [-0.4, -0.2) is 28.9 Å². The summed E-state index contributed by atoms with van der Waals surface area (Å²) in [6.07, 6.45) is 0. The van der Waals surface area contributed by atoms with Crippen LogP contribution >= 0.6 is 12.2 Å². The summed E-state index contributed by atoms with van der Waals surface area (Å²) in [6, 6.07) is 0. The Hall–Kier alpha value is -0.350. The van der Waals surface area contributed by atoms with Crippen molar-refractivity contribution in [3.05, 3.63) is 0 Å². The number of nitrogens with zero attached hydrogens (tertiary/aromatic N) is 1. The number of hydrogen-bond donors (Lipinski definition) is 2. The zero-order chi connectivity index (χ0) is 5.86. The van der Waals surface area contributed by atoms with Gasteiger partial charge >= 0.3 is 0 Å². The second kappa shape index (κ2) is 2.76.